The fraction of sp³-hybridized carbons (Fsp3) is 0.562. The number of piperidine rings is 1. The van der Waals surface area contributed by atoms with Gasteiger partial charge < -0.3 is 15.3 Å². The average molecular weight is 294 g/mol. The first-order valence-electron chi connectivity index (χ1n) is 7.58. The molecule has 1 heterocycles. The molecule has 1 saturated heterocycles. The number of halogens is 1. The summed E-state index contributed by atoms with van der Waals surface area (Å²) in [4.78, 5) is 13.2. The second kappa shape index (κ2) is 7.41. The van der Waals surface area contributed by atoms with Gasteiger partial charge in [-0.05, 0) is 50.9 Å². The lowest BCUT2D eigenvalue weighted by Crippen LogP contribution is -2.38. The first kappa shape index (κ1) is 15.8. The third kappa shape index (κ3) is 4.43. The Morgan fingerprint density at radius 1 is 1.48 bits per heavy atom. The number of nitrogens with zero attached hydrogens (tertiary/aromatic N) is 1. The molecule has 21 heavy (non-hydrogen) atoms. The van der Waals surface area contributed by atoms with Gasteiger partial charge in [-0.3, -0.25) is 0 Å². The number of carboxylic acids is 1. The van der Waals surface area contributed by atoms with Crippen molar-refractivity contribution in [1.29, 1.82) is 0 Å². The van der Waals surface area contributed by atoms with Crippen LogP contribution in [0.3, 0.4) is 0 Å². The quantitative estimate of drug-likeness (QED) is 0.791. The van der Waals surface area contributed by atoms with E-state index in [9.17, 15) is 9.18 Å². The summed E-state index contributed by atoms with van der Waals surface area (Å²) in [5, 5.41) is 11.9. The number of nitrogens with one attached hydrogen (secondary N) is 1. The summed E-state index contributed by atoms with van der Waals surface area (Å²) in [6, 6.07) is 4.81. The molecule has 0 bridgehead atoms. The zero-order chi connectivity index (χ0) is 15.2. The SMILES string of the molecule is CC1CCCCN1CCCNc1ccc(C(=O)O)c(F)c1. The lowest BCUT2D eigenvalue weighted by molar-refractivity contribution is 0.0692. The van der Waals surface area contributed by atoms with Crippen molar-refractivity contribution in [2.45, 2.75) is 38.6 Å². The molecule has 5 heteroatoms. The highest BCUT2D eigenvalue weighted by atomic mass is 19.1. The normalized spacial score (nSPS) is 19.4. The zero-order valence-corrected chi connectivity index (χ0v) is 12.4. The van der Waals surface area contributed by atoms with Crippen LogP contribution in [0.15, 0.2) is 18.2 Å². The number of hydrogen-bond acceptors (Lipinski definition) is 3. The summed E-state index contributed by atoms with van der Waals surface area (Å²) < 4.78 is 13.5. The Balaban J connectivity index is 1.76. The number of benzene rings is 1. The minimum Gasteiger partial charge on any atom is -0.478 e. The molecule has 116 valence electrons. The Morgan fingerprint density at radius 2 is 2.29 bits per heavy atom. The Morgan fingerprint density at radius 3 is 2.95 bits per heavy atom. The molecule has 1 atom stereocenters. The Kier molecular flexibility index (Phi) is 5.56. The van der Waals surface area contributed by atoms with Crippen LogP contribution in [0, 0.1) is 5.82 Å². The van der Waals surface area contributed by atoms with Gasteiger partial charge >= 0.3 is 5.97 Å². The number of hydrogen-bond donors (Lipinski definition) is 2. The van der Waals surface area contributed by atoms with Crippen LogP contribution in [0.25, 0.3) is 0 Å². The van der Waals surface area contributed by atoms with E-state index in [2.05, 4.69) is 17.1 Å². The van der Waals surface area contributed by atoms with Gasteiger partial charge in [-0.25, -0.2) is 9.18 Å². The molecule has 4 nitrogen and oxygen atoms in total. The lowest BCUT2D eigenvalue weighted by atomic mass is 10.0. The Labute approximate surface area is 125 Å². The molecule has 2 rings (SSSR count). The van der Waals surface area contributed by atoms with Crippen LogP contribution in [-0.2, 0) is 0 Å². The zero-order valence-electron chi connectivity index (χ0n) is 12.4. The third-order valence-electron chi connectivity index (χ3n) is 4.09. The summed E-state index contributed by atoms with van der Waals surface area (Å²) in [6.07, 6.45) is 4.87. The van der Waals surface area contributed by atoms with Crippen molar-refractivity contribution in [3.63, 3.8) is 0 Å². The number of carbonyl (C=O) groups is 1. The highest BCUT2D eigenvalue weighted by molar-refractivity contribution is 5.88. The van der Waals surface area contributed by atoms with Crippen LogP contribution in [-0.4, -0.2) is 41.7 Å². The summed E-state index contributed by atoms with van der Waals surface area (Å²) >= 11 is 0. The lowest BCUT2D eigenvalue weighted by Gasteiger charge is -2.33. The van der Waals surface area contributed by atoms with E-state index >= 15 is 0 Å². The van der Waals surface area contributed by atoms with Crippen molar-refractivity contribution in [2.24, 2.45) is 0 Å². The molecule has 0 radical (unpaired) electrons. The van der Waals surface area contributed by atoms with E-state index in [4.69, 9.17) is 5.11 Å². The predicted octanol–water partition coefficient (Wildman–Crippen LogP) is 3.20. The average Bonchev–Trinajstić information content (AvgIpc) is 2.45. The number of likely N-dealkylation sites (tertiary alicyclic amines) is 1. The largest absolute Gasteiger partial charge is 0.478 e. The first-order valence-corrected chi connectivity index (χ1v) is 7.58. The number of rotatable bonds is 6. The van der Waals surface area contributed by atoms with Crippen molar-refractivity contribution >= 4 is 11.7 Å². The highest BCUT2D eigenvalue weighted by Crippen LogP contribution is 2.17. The van der Waals surface area contributed by atoms with Crippen LogP contribution in [0.2, 0.25) is 0 Å². The van der Waals surface area contributed by atoms with Gasteiger partial charge in [0, 0.05) is 24.8 Å². The second-order valence-corrected chi connectivity index (χ2v) is 5.66. The molecule has 0 aromatic heterocycles. The maximum atomic E-state index is 13.5. The smallest absolute Gasteiger partial charge is 0.338 e. The molecule has 0 saturated carbocycles. The van der Waals surface area contributed by atoms with Gasteiger partial charge in [0.05, 0.1) is 5.56 Å². The highest BCUT2D eigenvalue weighted by Gasteiger charge is 2.17. The van der Waals surface area contributed by atoms with Gasteiger partial charge in [0.1, 0.15) is 5.82 Å². The van der Waals surface area contributed by atoms with Crippen molar-refractivity contribution in [1.82, 2.24) is 4.90 Å². The maximum absolute atomic E-state index is 13.5. The monoisotopic (exact) mass is 294 g/mol. The van der Waals surface area contributed by atoms with Gasteiger partial charge in [-0.1, -0.05) is 6.42 Å². The van der Waals surface area contributed by atoms with E-state index in [0.717, 1.165) is 19.5 Å². The van der Waals surface area contributed by atoms with Crippen molar-refractivity contribution in [3.8, 4) is 0 Å². The molecule has 1 aliphatic heterocycles. The van der Waals surface area contributed by atoms with Gasteiger partial charge in [-0.2, -0.15) is 0 Å². The summed E-state index contributed by atoms with van der Waals surface area (Å²) in [5.41, 5.74) is 0.340. The van der Waals surface area contributed by atoms with Crippen molar-refractivity contribution < 1.29 is 14.3 Å². The number of aromatic carboxylic acids is 1. The van der Waals surface area contributed by atoms with Crippen LogP contribution in [0.4, 0.5) is 10.1 Å². The minimum absolute atomic E-state index is 0.289. The molecule has 0 spiro atoms. The van der Waals surface area contributed by atoms with Gasteiger partial charge in [0.2, 0.25) is 0 Å². The first-order chi connectivity index (χ1) is 10.1. The number of carboxylic acid groups (broad SMARTS) is 1. The standard InChI is InChI=1S/C16H23FN2O2/c1-12-5-2-3-9-19(12)10-4-8-18-13-6-7-14(16(20)21)15(17)11-13/h6-7,11-12,18H,2-5,8-10H2,1H3,(H,20,21). The van der Waals surface area contributed by atoms with Crippen LogP contribution in [0.1, 0.15) is 43.0 Å². The molecule has 0 amide bonds. The summed E-state index contributed by atoms with van der Waals surface area (Å²) in [6.45, 7) is 5.24. The van der Waals surface area contributed by atoms with E-state index < -0.39 is 11.8 Å². The third-order valence-corrected chi connectivity index (χ3v) is 4.09. The topological polar surface area (TPSA) is 52.6 Å². The predicted molar refractivity (Wildman–Crippen MR) is 81.4 cm³/mol. The van der Waals surface area contributed by atoms with Gasteiger partial charge in [-0.15, -0.1) is 0 Å². The minimum atomic E-state index is -1.24. The molecular formula is C16H23FN2O2. The maximum Gasteiger partial charge on any atom is 0.338 e. The van der Waals surface area contributed by atoms with Crippen molar-refractivity contribution in [2.75, 3.05) is 25.0 Å². The van der Waals surface area contributed by atoms with E-state index in [0.29, 0.717) is 11.7 Å². The molecule has 1 aliphatic rings. The molecule has 1 aromatic carbocycles. The van der Waals surface area contributed by atoms with E-state index in [1.807, 2.05) is 0 Å². The second-order valence-electron chi connectivity index (χ2n) is 5.66. The van der Waals surface area contributed by atoms with Crippen LogP contribution in [0.5, 0.6) is 0 Å². The fourth-order valence-electron chi connectivity index (χ4n) is 2.80. The Hall–Kier alpha value is -1.62. The van der Waals surface area contributed by atoms with Gasteiger partial charge in [0.25, 0.3) is 0 Å². The summed E-state index contributed by atoms with van der Waals surface area (Å²) in [5.74, 6) is -1.93. The van der Waals surface area contributed by atoms with Crippen molar-refractivity contribution in [3.05, 3.63) is 29.6 Å². The van der Waals surface area contributed by atoms with Crippen LogP contribution >= 0.6 is 0 Å². The van der Waals surface area contributed by atoms with E-state index in [1.165, 1.54) is 37.9 Å². The molecular weight excluding hydrogens is 271 g/mol. The molecule has 1 fully saturated rings. The van der Waals surface area contributed by atoms with E-state index in [-0.39, 0.29) is 5.56 Å². The molecule has 0 aliphatic carbocycles. The van der Waals surface area contributed by atoms with Crippen LogP contribution < -0.4 is 5.32 Å². The molecule has 1 aromatic rings. The molecule has 1 unspecified atom stereocenters. The van der Waals surface area contributed by atoms with E-state index in [1.54, 1.807) is 6.07 Å². The van der Waals surface area contributed by atoms with Gasteiger partial charge in [0.15, 0.2) is 0 Å². The molecule has 2 N–H and O–H groups in total. The fourth-order valence-corrected chi connectivity index (χ4v) is 2.80. The summed E-state index contributed by atoms with van der Waals surface area (Å²) in [7, 11) is 0. The number of anilines is 1. The Bertz CT molecular complexity index is 493.